The Morgan fingerprint density at radius 1 is 1.21 bits per heavy atom. The molecular weight excluding hydrogens is 242 g/mol. The molecule has 2 amide bonds. The molecule has 2 fully saturated rings. The fraction of sp³-hybridized carbons (Fsp3) is 0.857. The summed E-state index contributed by atoms with van der Waals surface area (Å²) in [7, 11) is 2.06. The average molecular weight is 267 g/mol. The van der Waals surface area contributed by atoms with Crippen molar-refractivity contribution in [3.63, 3.8) is 0 Å². The summed E-state index contributed by atoms with van der Waals surface area (Å²) in [5.41, 5.74) is -0.737. The Kier molecular flexibility index (Phi) is 4.13. The fourth-order valence-corrected chi connectivity index (χ4v) is 2.44. The summed E-state index contributed by atoms with van der Waals surface area (Å²) in [5.74, 6) is -0.0211. The lowest BCUT2D eigenvalue weighted by Gasteiger charge is -2.34. The predicted octanol–water partition coefficient (Wildman–Crippen LogP) is 0.455. The Balaban J connectivity index is 1.96. The molecule has 2 rings (SSSR count). The molecule has 5 heteroatoms. The molecule has 5 nitrogen and oxygen atoms in total. The maximum Gasteiger partial charge on any atom is 0.238 e. The maximum absolute atomic E-state index is 12.5. The van der Waals surface area contributed by atoms with E-state index in [1.807, 2.05) is 18.7 Å². The first kappa shape index (κ1) is 14.3. The van der Waals surface area contributed by atoms with Crippen LogP contribution < -0.4 is 5.32 Å². The van der Waals surface area contributed by atoms with Gasteiger partial charge in [-0.2, -0.15) is 0 Å². The summed E-state index contributed by atoms with van der Waals surface area (Å²) >= 11 is 0. The topological polar surface area (TPSA) is 52.7 Å². The van der Waals surface area contributed by atoms with E-state index in [9.17, 15) is 9.59 Å². The summed E-state index contributed by atoms with van der Waals surface area (Å²) < 4.78 is 0. The highest BCUT2D eigenvalue weighted by Crippen LogP contribution is 2.47. The molecule has 1 saturated carbocycles. The van der Waals surface area contributed by atoms with Crippen molar-refractivity contribution in [1.82, 2.24) is 15.1 Å². The Bertz CT molecular complexity index is 358. The molecule has 1 N–H and O–H groups in total. The number of hydrogen-bond acceptors (Lipinski definition) is 3. The second-order valence-electron chi connectivity index (χ2n) is 5.96. The Morgan fingerprint density at radius 2 is 1.79 bits per heavy atom. The number of rotatable bonds is 4. The third-order valence-electron chi connectivity index (χ3n) is 4.37. The molecule has 0 spiro atoms. The minimum absolute atomic E-state index is 0.0430. The van der Waals surface area contributed by atoms with E-state index < -0.39 is 5.41 Å². The average Bonchev–Trinajstić information content (AvgIpc) is 3.20. The SMILES string of the molecule is CCC(C)NC(=O)C1(C(=O)N2CCN(C)CC2)CC1. The minimum Gasteiger partial charge on any atom is -0.353 e. The van der Waals surface area contributed by atoms with E-state index >= 15 is 0 Å². The summed E-state index contributed by atoms with van der Waals surface area (Å²) in [5, 5.41) is 2.96. The number of nitrogens with zero attached hydrogens (tertiary/aromatic N) is 2. The van der Waals surface area contributed by atoms with Crippen LogP contribution in [0.15, 0.2) is 0 Å². The lowest BCUT2D eigenvalue weighted by atomic mass is 10.0. The normalized spacial score (nSPS) is 23.8. The van der Waals surface area contributed by atoms with Gasteiger partial charge in [-0.1, -0.05) is 6.92 Å². The fourth-order valence-electron chi connectivity index (χ4n) is 2.44. The smallest absolute Gasteiger partial charge is 0.238 e. The molecule has 0 aromatic heterocycles. The Labute approximate surface area is 115 Å². The van der Waals surface area contributed by atoms with Gasteiger partial charge in [0.05, 0.1) is 0 Å². The van der Waals surface area contributed by atoms with Crippen molar-refractivity contribution in [3.8, 4) is 0 Å². The number of carbonyl (C=O) groups is 2. The lowest BCUT2D eigenvalue weighted by Crippen LogP contribution is -2.53. The summed E-state index contributed by atoms with van der Waals surface area (Å²) in [6.45, 7) is 7.30. The molecule has 2 aliphatic rings. The molecule has 108 valence electrons. The summed E-state index contributed by atoms with van der Waals surface area (Å²) in [4.78, 5) is 28.9. The van der Waals surface area contributed by atoms with Crippen molar-refractivity contribution >= 4 is 11.8 Å². The van der Waals surface area contributed by atoms with Crippen LogP contribution in [0.2, 0.25) is 0 Å². The van der Waals surface area contributed by atoms with Gasteiger partial charge in [0.25, 0.3) is 0 Å². The van der Waals surface area contributed by atoms with Crippen LogP contribution in [0, 0.1) is 5.41 Å². The number of hydrogen-bond donors (Lipinski definition) is 1. The van der Waals surface area contributed by atoms with Gasteiger partial charge in [-0.15, -0.1) is 0 Å². The molecule has 0 radical (unpaired) electrons. The number of amides is 2. The van der Waals surface area contributed by atoms with E-state index in [1.54, 1.807) is 0 Å². The lowest BCUT2D eigenvalue weighted by molar-refractivity contribution is -0.145. The van der Waals surface area contributed by atoms with Crippen LogP contribution in [0.25, 0.3) is 0 Å². The largest absolute Gasteiger partial charge is 0.353 e. The van der Waals surface area contributed by atoms with E-state index in [0.29, 0.717) is 12.8 Å². The molecule has 0 bridgehead atoms. The number of piperazine rings is 1. The van der Waals surface area contributed by atoms with E-state index in [2.05, 4.69) is 17.3 Å². The van der Waals surface area contributed by atoms with Gasteiger partial charge in [0.1, 0.15) is 5.41 Å². The molecule has 0 aromatic rings. The monoisotopic (exact) mass is 267 g/mol. The van der Waals surface area contributed by atoms with Crippen molar-refractivity contribution in [1.29, 1.82) is 0 Å². The van der Waals surface area contributed by atoms with E-state index in [1.165, 1.54) is 0 Å². The second kappa shape index (κ2) is 5.49. The van der Waals surface area contributed by atoms with Crippen LogP contribution in [-0.2, 0) is 9.59 Å². The molecule has 0 aromatic carbocycles. The van der Waals surface area contributed by atoms with E-state index in [0.717, 1.165) is 32.6 Å². The van der Waals surface area contributed by atoms with Crippen LogP contribution in [0.4, 0.5) is 0 Å². The molecule has 1 atom stereocenters. The van der Waals surface area contributed by atoms with Gasteiger partial charge in [-0.3, -0.25) is 9.59 Å². The zero-order valence-corrected chi connectivity index (χ0v) is 12.2. The number of likely N-dealkylation sites (N-methyl/N-ethyl adjacent to an activating group) is 1. The molecule has 1 heterocycles. The third kappa shape index (κ3) is 2.91. The summed E-state index contributed by atoms with van der Waals surface area (Å²) in [6.07, 6.45) is 2.31. The zero-order chi connectivity index (χ0) is 14.0. The van der Waals surface area contributed by atoms with Crippen LogP contribution >= 0.6 is 0 Å². The first-order valence-electron chi connectivity index (χ1n) is 7.28. The molecule has 1 aliphatic carbocycles. The van der Waals surface area contributed by atoms with Gasteiger partial charge >= 0.3 is 0 Å². The van der Waals surface area contributed by atoms with Gasteiger partial charge < -0.3 is 15.1 Å². The molecule has 19 heavy (non-hydrogen) atoms. The molecule has 1 saturated heterocycles. The quantitative estimate of drug-likeness (QED) is 0.753. The van der Waals surface area contributed by atoms with Crippen molar-refractivity contribution in [2.45, 2.75) is 39.2 Å². The molecule has 1 aliphatic heterocycles. The van der Waals surface area contributed by atoms with Crippen molar-refractivity contribution < 1.29 is 9.59 Å². The minimum atomic E-state index is -0.737. The number of carbonyl (C=O) groups excluding carboxylic acids is 2. The highest BCUT2D eigenvalue weighted by Gasteiger charge is 2.58. The molecular formula is C14H25N3O2. The third-order valence-corrected chi connectivity index (χ3v) is 4.37. The summed E-state index contributed by atoms with van der Waals surface area (Å²) in [6, 6.07) is 0.144. The zero-order valence-electron chi connectivity index (χ0n) is 12.2. The first-order valence-corrected chi connectivity index (χ1v) is 7.28. The van der Waals surface area contributed by atoms with Gasteiger partial charge in [0.15, 0.2) is 0 Å². The van der Waals surface area contributed by atoms with Gasteiger partial charge in [0.2, 0.25) is 11.8 Å². The molecule has 1 unspecified atom stereocenters. The van der Waals surface area contributed by atoms with Gasteiger partial charge in [0, 0.05) is 32.2 Å². The van der Waals surface area contributed by atoms with E-state index in [4.69, 9.17) is 0 Å². The van der Waals surface area contributed by atoms with Crippen LogP contribution in [0.1, 0.15) is 33.1 Å². The Hall–Kier alpha value is -1.10. The highest BCUT2D eigenvalue weighted by molar-refractivity contribution is 6.08. The van der Waals surface area contributed by atoms with Crippen molar-refractivity contribution in [2.75, 3.05) is 33.2 Å². The predicted molar refractivity (Wildman–Crippen MR) is 73.6 cm³/mol. The van der Waals surface area contributed by atoms with E-state index in [-0.39, 0.29) is 17.9 Å². The first-order chi connectivity index (χ1) is 8.99. The maximum atomic E-state index is 12.5. The van der Waals surface area contributed by atoms with Gasteiger partial charge in [-0.25, -0.2) is 0 Å². The van der Waals surface area contributed by atoms with Crippen LogP contribution in [0.5, 0.6) is 0 Å². The van der Waals surface area contributed by atoms with Crippen LogP contribution in [0.3, 0.4) is 0 Å². The second-order valence-corrected chi connectivity index (χ2v) is 5.96. The van der Waals surface area contributed by atoms with Gasteiger partial charge in [-0.05, 0) is 33.2 Å². The number of nitrogens with one attached hydrogen (secondary N) is 1. The van der Waals surface area contributed by atoms with Crippen molar-refractivity contribution in [3.05, 3.63) is 0 Å². The Morgan fingerprint density at radius 3 is 2.26 bits per heavy atom. The van der Waals surface area contributed by atoms with Crippen LogP contribution in [-0.4, -0.2) is 60.9 Å². The van der Waals surface area contributed by atoms with Crippen molar-refractivity contribution in [2.24, 2.45) is 5.41 Å². The standard InChI is InChI=1S/C14H25N3O2/c1-4-11(2)15-12(18)14(5-6-14)13(19)17-9-7-16(3)8-10-17/h11H,4-10H2,1-3H3,(H,15,18). The highest BCUT2D eigenvalue weighted by atomic mass is 16.2.